The first kappa shape index (κ1) is 13.4. The first-order chi connectivity index (χ1) is 9.74. The highest BCUT2D eigenvalue weighted by Crippen LogP contribution is 2.23. The van der Waals surface area contributed by atoms with Gasteiger partial charge in [0.2, 0.25) is 0 Å². The van der Waals surface area contributed by atoms with E-state index in [1.54, 1.807) is 6.20 Å². The molecule has 2 aromatic heterocycles. The van der Waals surface area contributed by atoms with Crippen molar-refractivity contribution in [2.24, 2.45) is 0 Å². The van der Waals surface area contributed by atoms with E-state index in [1.807, 2.05) is 16.8 Å². The fourth-order valence-corrected chi connectivity index (χ4v) is 2.85. The Bertz CT molecular complexity index is 562. The molecule has 0 aromatic carbocycles. The lowest BCUT2D eigenvalue weighted by molar-refractivity contribution is 0.419. The average molecular weight is 273 g/mol. The number of fused-ring (bicyclic) bond motifs is 1. The summed E-state index contributed by atoms with van der Waals surface area (Å²) in [4.78, 5) is 7.19. The number of hydrogen-bond donors (Lipinski definition) is 1. The molecule has 1 saturated heterocycles. The number of piperidine rings is 1. The molecule has 2 aromatic rings. The van der Waals surface area contributed by atoms with Gasteiger partial charge in [-0.1, -0.05) is 13.8 Å². The van der Waals surface area contributed by atoms with Crippen molar-refractivity contribution < 1.29 is 0 Å². The molecular formula is C15H23N5. The average Bonchev–Trinajstić information content (AvgIpc) is 2.92. The van der Waals surface area contributed by atoms with Crippen LogP contribution in [-0.2, 0) is 0 Å². The number of hydrogen-bond acceptors (Lipinski definition) is 4. The van der Waals surface area contributed by atoms with Crippen LogP contribution in [0, 0.1) is 0 Å². The second kappa shape index (κ2) is 5.79. The van der Waals surface area contributed by atoms with E-state index in [9.17, 15) is 0 Å². The number of aromatic nitrogens is 3. The zero-order chi connectivity index (χ0) is 13.9. The minimum Gasteiger partial charge on any atom is -0.352 e. The second-order valence-electron chi connectivity index (χ2n) is 5.83. The summed E-state index contributed by atoms with van der Waals surface area (Å²) in [5.74, 6) is 1.08. The maximum Gasteiger partial charge on any atom is 0.157 e. The Labute approximate surface area is 120 Å². The van der Waals surface area contributed by atoms with E-state index < -0.39 is 0 Å². The molecule has 0 aliphatic carbocycles. The van der Waals surface area contributed by atoms with Gasteiger partial charge in [0.25, 0.3) is 0 Å². The Kier molecular flexibility index (Phi) is 3.87. The molecule has 5 nitrogen and oxygen atoms in total. The molecule has 0 spiro atoms. The third kappa shape index (κ3) is 2.77. The standard InChI is InChI=1S/C15H23N5/c1-12(2)16-11-13-5-3-4-9-19(13)14-7-10-20-15(18-14)6-8-17-20/h6-8,10,12-13,16H,3-5,9,11H2,1-2H3. The van der Waals surface area contributed by atoms with Crippen LogP contribution in [0.3, 0.4) is 0 Å². The maximum atomic E-state index is 4.73. The fraction of sp³-hybridized carbons (Fsp3) is 0.600. The minimum absolute atomic E-state index is 0.532. The molecule has 1 atom stereocenters. The largest absolute Gasteiger partial charge is 0.352 e. The van der Waals surface area contributed by atoms with Gasteiger partial charge in [-0.05, 0) is 25.3 Å². The van der Waals surface area contributed by atoms with Crippen LogP contribution in [0.5, 0.6) is 0 Å². The summed E-state index contributed by atoms with van der Waals surface area (Å²) in [6.07, 6.45) is 7.60. The van der Waals surface area contributed by atoms with Gasteiger partial charge in [-0.2, -0.15) is 5.10 Å². The smallest absolute Gasteiger partial charge is 0.157 e. The Morgan fingerprint density at radius 3 is 3.10 bits per heavy atom. The maximum absolute atomic E-state index is 4.73. The zero-order valence-corrected chi connectivity index (χ0v) is 12.3. The van der Waals surface area contributed by atoms with E-state index in [0.717, 1.165) is 24.6 Å². The van der Waals surface area contributed by atoms with Gasteiger partial charge in [0.05, 0.1) is 6.20 Å². The lowest BCUT2D eigenvalue weighted by Crippen LogP contribution is -2.47. The van der Waals surface area contributed by atoms with Gasteiger partial charge in [0.15, 0.2) is 5.65 Å². The zero-order valence-electron chi connectivity index (χ0n) is 12.3. The molecule has 1 aliphatic rings. The van der Waals surface area contributed by atoms with Crippen molar-refractivity contribution in [3.63, 3.8) is 0 Å². The summed E-state index contributed by atoms with van der Waals surface area (Å²) in [5, 5.41) is 7.77. The predicted octanol–water partition coefficient (Wildman–Crippen LogP) is 2.09. The summed E-state index contributed by atoms with van der Waals surface area (Å²) >= 11 is 0. The van der Waals surface area contributed by atoms with E-state index in [2.05, 4.69) is 35.2 Å². The molecule has 0 saturated carbocycles. The highest BCUT2D eigenvalue weighted by Gasteiger charge is 2.23. The molecule has 1 N–H and O–H groups in total. The topological polar surface area (TPSA) is 45.5 Å². The van der Waals surface area contributed by atoms with Crippen LogP contribution in [0.15, 0.2) is 24.5 Å². The Balaban J connectivity index is 1.80. The third-order valence-corrected chi connectivity index (χ3v) is 3.93. The molecule has 5 heteroatoms. The summed E-state index contributed by atoms with van der Waals surface area (Å²) in [6, 6.07) is 5.11. The SMILES string of the molecule is CC(C)NCC1CCCCN1c1ccn2nccc2n1. The van der Waals surface area contributed by atoms with Gasteiger partial charge in [0.1, 0.15) is 5.82 Å². The number of rotatable bonds is 4. The van der Waals surface area contributed by atoms with E-state index in [0.29, 0.717) is 12.1 Å². The van der Waals surface area contributed by atoms with Crippen LogP contribution in [0.2, 0.25) is 0 Å². The van der Waals surface area contributed by atoms with Crippen molar-refractivity contribution >= 4 is 11.5 Å². The van der Waals surface area contributed by atoms with Crippen molar-refractivity contribution in [2.75, 3.05) is 18.0 Å². The highest BCUT2D eigenvalue weighted by molar-refractivity contribution is 5.48. The Morgan fingerprint density at radius 2 is 2.25 bits per heavy atom. The molecule has 1 unspecified atom stereocenters. The van der Waals surface area contributed by atoms with Crippen LogP contribution in [0.4, 0.5) is 5.82 Å². The monoisotopic (exact) mass is 273 g/mol. The van der Waals surface area contributed by atoms with Crippen molar-refractivity contribution in [2.45, 2.75) is 45.2 Å². The number of nitrogens with one attached hydrogen (secondary N) is 1. The Hall–Kier alpha value is -1.62. The number of nitrogens with zero attached hydrogens (tertiary/aromatic N) is 4. The van der Waals surface area contributed by atoms with Crippen molar-refractivity contribution in [3.8, 4) is 0 Å². The molecule has 1 aliphatic heterocycles. The molecule has 1 fully saturated rings. The van der Waals surface area contributed by atoms with Gasteiger partial charge in [-0.25, -0.2) is 9.50 Å². The fourth-order valence-electron chi connectivity index (χ4n) is 2.85. The molecule has 20 heavy (non-hydrogen) atoms. The third-order valence-electron chi connectivity index (χ3n) is 3.93. The summed E-state index contributed by atoms with van der Waals surface area (Å²) in [6.45, 7) is 6.53. The summed E-state index contributed by atoms with van der Waals surface area (Å²) in [7, 11) is 0. The summed E-state index contributed by atoms with van der Waals surface area (Å²) < 4.78 is 1.81. The van der Waals surface area contributed by atoms with Gasteiger partial charge in [-0.3, -0.25) is 0 Å². The van der Waals surface area contributed by atoms with Gasteiger partial charge in [0, 0.05) is 37.4 Å². The minimum atomic E-state index is 0.532. The lowest BCUT2D eigenvalue weighted by Gasteiger charge is -2.37. The molecule has 3 rings (SSSR count). The van der Waals surface area contributed by atoms with Crippen LogP contribution >= 0.6 is 0 Å². The molecule has 0 radical (unpaired) electrons. The normalized spacial score (nSPS) is 19.9. The van der Waals surface area contributed by atoms with Gasteiger partial charge < -0.3 is 10.2 Å². The first-order valence-corrected chi connectivity index (χ1v) is 7.54. The summed E-state index contributed by atoms with van der Waals surface area (Å²) in [5.41, 5.74) is 0.920. The van der Waals surface area contributed by atoms with Crippen LogP contribution in [-0.4, -0.2) is 39.8 Å². The van der Waals surface area contributed by atoms with Gasteiger partial charge >= 0.3 is 0 Å². The van der Waals surface area contributed by atoms with Gasteiger partial charge in [-0.15, -0.1) is 0 Å². The quantitative estimate of drug-likeness (QED) is 0.926. The molecule has 0 amide bonds. The molecular weight excluding hydrogens is 250 g/mol. The predicted molar refractivity (Wildman–Crippen MR) is 81.1 cm³/mol. The van der Waals surface area contributed by atoms with Crippen LogP contribution < -0.4 is 10.2 Å². The van der Waals surface area contributed by atoms with Crippen molar-refractivity contribution in [3.05, 3.63) is 24.5 Å². The van der Waals surface area contributed by atoms with Crippen molar-refractivity contribution in [1.82, 2.24) is 19.9 Å². The lowest BCUT2D eigenvalue weighted by atomic mass is 10.0. The first-order valence-electron chi connectivity index (χ1n) is 7.54. The van der Waals surface area contributed by atoms with E-state index in [1.165, 1.54) is 19.3 Å². The van der Waals surface area contributed by atoms with Crippen LogP contribution in [0.25, 0.3) is 5.65 Å². The van der Waals surface area contributed by atoms with E-state index in [4.69, 9.17) is 4.98 Å². The molecule has 108 valence electrons. The Morgan fingerprint density at radius 1 is 1.35 bits per heavy atom. The molecule has 3 heterocycles. The number of anilines is 1. The van der Waals surface area contributed by atoms with E-state index in [-0.39, 0.29) is 0 Å². The molecule has 0 bridgehead atoms. The second-order valence-corrected chi connectivity index (χ2v) is 5.83. The highest BCUT2D eigenvalue weighted by atomic mass is 15.3. The van der Waals surface area contributed by atoms with E-state index >= 15 is 0 Å². The van der Waals surface area contributed by atoms with Crippen molar-refractivity contribution in [1.29, 1.82) is 0 Å². The van der Waals surface area contributed by atoms with Crippen LogP contribution in [0.1, 0.15) is 33.1 Å².